The number of aromatic nitrogens is 1. The molecule has 1 heteroatoms. The van der Waals surface area contributed by atoms with Crippen molar-refractivity contribution < 1.29 is 0 Å². The van der Waals surface area contributed by atoms with Gasteiger partial charge in [-0.05, 0) is 53.4 Å². The molecule has 0 saturated carbocycles. The fourth-order valence-electron chi connectivity index (χ4n) is 4.71. The zero-order chi connectivity index (χ0) is 19.4. The van der Waals surface area contributed by atoms with Crippen molar-refractivity contribution in [2.75, 3.05) is 0 Å². The van der Waals surface area contributed by atoms with E-state index in [0.717, 1.165) is 6.42 Å². The average Bonchev–Trinajstić information content (AvgIpc) is 3.29. The maximum atomic E-state index is 2.45. The van der Waals surface area contributed by atoms with Crippen LogP contribution in [0.25, 0.3) is 38.8 Å². The molecule has 0 aliphatic heterocycles. The SMILES string of the molecule is Cc1ccc(-c2ccc3c(c2)c2c(n3-c3ccccc3)Cc3ccccc3-2)cc1. The quantitative estimate of drug-likeness (QED) is 0.304. The number of rotatable bonds is 2. The van der Waals surface area contributed by atoms with E-state index in [-0.39, 0.29) is 0 Å². The number of nitrogens with zero attached hydrogens (tertiary/aromatic N) is 1. The van der Waals surface area contributed by atoms with Gasteiger partial charge in [-0.25, -0.2) is 0 Å². The Morgan fingerprint density at radius 2 is 1.41 bits per heavy atom. The summed E-state index contributed by atoms with van der Waals surface area (Å²) in [6.45, 7) is 2.14. The van der Waals surface area contributed by atoms with Crippen LogP contribution >= 0.6 is 0 Å². The maximum absolute atomic E-state index is 2.45. The number of aryl methyl sites for hydroxylation is 1. The largest absolute Gasteiger partial charge is 0.313 e. The predicted molar refractivity (Wildman–Crippen MR) is 122 cm³/mol. The van der Waals surface area contributed by atoms with Gasteiger partial charge in [0, 0.05) is 28.8 Å². The molecule has 1 aromatic heterocycles. The summed E-state index contributed by atoms with van der Waals surface area (Å²) in [7, 11) is 0. The molecule has 0 amide bonds. The Labute approximate surface area is 170 Å². The Balaban J connectivity index is 1.66. The van der Waals surface area contributed by atoms with E-state index in [0.29, 0.717) is 0 Å². The maximum Gasteiger partial charge on any atom is 0.0538 e. The lowest BCUT2D eigenvalue weighted by atomic mass is 9.99. The van der Waals surface area contributed by atoms with Crippen LogP contribution in [-0.4, -0.2) is 4.57 Å². The summed E-state index contributed by atoms with van der Waals surface area (Å²) in [4.78, 5) is 0. The van der Waals surface area contributed by atoms with Gasteiger partial charge in [0.15, 0.2) is 0 Å². The van der Waals surface area contributed by atoms with Gasteiger partial charge in [-0.3, -0.25) is 0 Å². The van der Waals surface area contributed by atoms with Crippen LogP contribution in [0.3, 0.4) is 0 Å². The van der Waals surface area contributed by atoms with Crippen molar-refractivity contribution in [2.24, 2.45) is 0 Å². The molecule has 4 aromatic carbocycles. The standard InChI is InChI=1S/C28H21N/c1-19-11-13-20(14-12-19)21-15-16-26-25(17-21)28-24-10-6-5-7-22(24)18-27(28)29(26)23-8-3-2-4-9-23/h2-17H,18H2,1H3. The molecular weight excluding hydrogens is 350 g/mol. The number of para-hydroxylation sites is 1. The third kappa shape index (κ3) is 2.48. The van der Waals surface area contributed by atoms with Crippen molar-refractivity contribution in [3.63, 3.8) is 0 Å². The third-order valence-electron chi connectivity index (χ3n) is 6.11. The lowest BCUT2D eigenvalue weighted by Crippen LogP contribution is -1.99. The zero-order valence-electron chi connectivity index (χ0n) is 16.4. The Morgan fingerprint density at radius 1 is 0.690 bits per heavy atom. The van der Waals surface area contributed by atoms with Gasteiger partial charge in [-0.1, -0.05) is 78.4 Å². The summed E-state index contributed by atoms with van der Waals surface area (Å²) in [5.74, 6) is 0. The molecule has 29 heavy (non-hydrogen) atoms. The van der Waals surface area contributed by atoms with Gasteiger partial charge in [0.25, 0.3) is 0 Å². The molecule has 1 heterocycles. The van der Waals surface area contributed by atoms with E-state index in [1.54, 1.807) is 0 Å². The van der Waals surface area contributed by atoms with E-state index in [1.165, 1.54) is 55.7 Å². The van der Waals surface area contributed by atoms with Crippen LogP contribution in [0.5, 0.6) is 0 Å². The molecule has 0 unspecified atom stereocenters. The predicted octanol–water partition coefficient (Wildman–Crippen LogP) is 7.18. The molecule has 0 saturated heterocycles. The van der Waals surface area contributed by atoms with Crippen molar-refractivity contribution in [1.82, 2.24) is 4.57 Å². The van der Waals surface area contributed by atoms with Crippen LogP contribution in [-0.2, 0) is 6.42 Å². The van der Waals surface area contributed by atoms with Crippen molar-refractivity contribution in [1.29, 1.82) is 0 Å². The molecular formula is C28H21N. The third-order valence-corrected chi connectivity index (χ3v) is 6.11. The Hall–Kier alpha value is -3.58. The summed E-state index contributed by atoms with van der Waals surface area (Å²) >= 11 is 0. The smallest absolute Gasteiger partial charge is 0.0538 e. The van der Waals surface area contributed by atoms with E-state index < -0.39 is 0 Å². The molecule has 1 nitrogen and oxygen atoms in total. The first-order valence-electron chi connectivity index (χ1n) is 10.2. The Bertz CT molecular complexity index is 1360. The van der Waals surface area contributed by atoms with E-state index >= 15 is 0 Å². The van der Waals surface area contributed by atoms with Gasteiger partial charge in [-0.2, -0.15) is 0 Å². The second kappa shape index (κ2) is 6.22. The highest BCUT2D eigenvalue weighted by atomic mass is 15.0. The highest BCUT2D eigenvalue weighted by Crippen LogP contribution is 2.45. The molecule has 138 valence electrons. The second-order valence-electron chi connectivity index (χ2n) is 7.92. The van der Waals surface area contributed by atoms with E-state index in [4.69, 9.17) is 0 Å². The lowest BCUT2D eigenvalue weighted by molar-refractivity contribution is 1.01. The van der Waals surface area contributed by atoms with Crippen molar-refractivity contribution >= 4 is 10.9 Å². The minimum atomic E-state index is 0.981. The van der Waals surface area contributed by atoms with Gasteiger partial charge in [-0.15, -0.1) is 0 Å². The number of benzene rings is 4. The number of hydrogen-bond donors (Lipinski definition) is 0. The molecule has 0 fully saturated rings. The molecule has 5 aromatic rings. The van der Waals surface area contributed by atoms with Gasteiger partial charge in [0.05, 0.1) is 5.52 Å². The Kier molecular flexibility index (Phi) is 3.51. The van der Waals surface area contributed by atoms with Crippen molar-refractivity contribution in [3.8, 4) is 27.9 Å². The van der Waals surface area contributed by atoms with E-state index in [2.05, 4.69) is 109 Å². The van der Waals surface area contributed by atoms with Crippen LogP contribution in [0, 0.1) is 6.92 Å². The van der Waals surface area contributed by atoms with Gasteiger partial charge < -0.3 is 4.57 Å². The first-order valence-corrected chi connectivity index (χ1v) is 10.2. The van der Waals surface area contributed by atoms with Crippen molar-refractivity contribution in [3.05, 3.63) is 114 Å². The van der Waals surface area contributed by atoms with E-state index in [9.17, 15) is 0 Å². The van der Waals surface area contributed by atoms with Crippen LogP contribution in [0.15, 0.2) is 97.1 Å². The van der Waals surface area contributed by atoms with Gasteiger partial charge in [0.2, 0.25) is 0 Å². The molecule has 0 bridgehead atoms. The monoisotopic (exact) mass is 371 g/mol. The van der Waals surface area contributed by atoms with Gasteiger partial charge in [0.1, 0.15) is 0 Å². The van der Waals surface area contributed by atoms with Crippen LogP contribution in [0.1, 0.15) is 16.8 Å². The van der Waals surface area contributed by atoms with Crippen LogP contribution < -0.4 is 0 Å². The fraction of sp³-hybridized carbons (Fsp3) is 0.0714. The highest BCUT2D eigenvalue weighted by molar-refractivity contribution is 6.03. The Morgan fingerprint density at radius 3 is 2.24 bits per heavy atom. The molecule has 0 spiro atoms. The summed E-state index contributed by atoms with van der Waals surface area (Å²) in [5.41, 5.74) is 11.9. The molecule has 0 atom stereocenters. The van der Waals surface area contributed by atoms with Crippen LogP contribution in [0.2, 0.25) is 0 Å². The summed E-state index contributed by atoms with van der Waals surface area (Å²) in [6.07, 6.45) is 0.981. The van der Waals surface area contributed by atoms with E-state index in [1.807, 2.05) is 0 Å². The second-order valence-corrected chi connectivity index (χ2v) is 7.92. The average molecular weight is 371 g/mol. The summed E-state index contributed by atoms with van der Waals surface area (Å²) < 4.78 is 2.45. The fourth-order valence-corrected chi connectivity index (χ4v) is 4.71. The lowest BCUT2D eigenvalue weighted by Gasteiger charge is -2.10. The minimum absolute atomic E-state index is 0.981. The minimum Gasteiger partial charge on any atom is -0.313 e. The highest BCUT2D eigenvalue weighted by Gasteiger charge is 2.27. The van der Waals surface area contributed by atoms with Crippen LogP contribution in [0.4, 0.5) is 0 Å². The zero-order valence-corrected chi connectivity index (χ0v) is 16.4. The molecule has 0 N–H and O–H groups in total. The summed E-state index contributed by atoms with van der Waals surface area (Å²) in [6, 6.07) is 35.3. The molecule has 6 rings (SSSR count). The number of fused-ring (bicyclic) bond motifs is 5. The van der Waals surface area contributed by atoms with Gasteiger partial charge >= 0.3 is 0 Å². The first kappa shape index (κ1) is 16.4. The number of hydrogen-bond acceptors (Lipinski definition) is 0. The normalized spacial score (nSPS) is 12.2. The first-order chi connectivity index (χ1) is 14.3. The summed E-state index contributed by atoms with van der Waals surface area (Å²) in [5, 5.41) is 1.34. The molecule has 1 aliphatic rings. The van der Waals surface area contributed by atoms with Crippen molar-refractivity contribution in [2.45, 2.75) is 13.3 Å². The molecule has 1 aliphatic carbocycles. The topological polar surface area (TPSA) is 4.93 Å². The molecule has 0 radical (unpaired) electrons.